The summed E-state index contributed by atoms with van der Waals surface area (Å²) in [6.07, 6.45) is 1.51. The summed E-state index contributed by atoms with van der Waals surface area (Å²) in [5, 5.41) is 7.38. The highest BCUT2D eigenvalue weighted by Crippen LogP contribution is 2.18. The van der Waals surface area contributed by atoms with Crippen molar-refractivity contribution in [2.24, 2.45) is 0 Å². The molecule has 0 bridgehead atoms. The largest absolute Gasteiger partial charge is 0.346 e. The van der Waals surface area contributed by atoms with Crippen molar-refractivity contribution in [3.63, 3.8) is 0 Å². The van der Waals surface area contributed by atoms with Crippen molar-refractivity contribution in [1.82, 2.24) is 15.1 Å². The third-order valence-electron chi connectivity index (χ3n) is 5.03. The van der Waals surface area contributed by atoms with Gasteiger partial charge in [0.1, 0.15) is 0 Å². The van der Waals surface area contributed by atoms with E-state index in [0.29, 0.717) is 6.54 Å². The number of carbonyl (C=O) groups excluding carboxylic acids is 1. The summed E-state index contributed by atoms with van der Waals surface area (Å²) in [6.45, 7) is 2.46. The number of aromatic amines is 1. The summed E-state index contributed by atoms with van der Waals surface area (Å²) < 4.78 is 24.8. The standard InChI is InChI=1S/C23H27N3O3S/c1-18-10-12-21(13-11-18)30(28,29)16-14-23(27)26(2)15-6-9-20-17-22(25-24-20)19-7-4-3-5-8-19/h3-5,7-8,10-13,17H,6,9,14-16H2,1-2H3,(H,24,25). The number of rotatable bonds is 9. The molecule has 0 aliphatic heterocycles. The Bertz CT molecular complexity index is 1070. The molecular formula is C23H27N3O3S. The lowest BCUT2D eigenvalue weighted by Gasteiger charge is -2.17. The Morgan fingerprint density at radius 1 is 1.07 bits per heavy atom. The number of nitrogens with one attached hydrogen (secondary N) is 1. The third kappa shape index (κ3) is 5.79. The molecule has 0 aliphatic rings. The van der Waals surface area contributed by atoms with Gasteiger partial charge in [0.2, 0.25) is 5.91 Å². The number of amides is 1. The van der Waals surface area contributed by atoms with Gasteiger partial charge in [-0.15, -0.1) is 0 Å². The Labute approximate surface area is 177 Å². The molecule has 30 heavy (non-hydrogen) atoms. The molecule has 0 saturated heterocycles. The Morgan fingerprint density at radius 2 is 1.77 bits per heavy atom. The fourth-order valence-electron chi connectivity index (χ4n) is 3.15. The van der Waals surface area contributed by atoms with Crippen LogP contribution in [0.1, 0.15) is 24.1 Å². The van der Waals surface area contributed by atoms with Crippen LogP contribution in [0.5, 0.6) is 0 Å². The predicted molar refractivity (Wildman–Crippen MR) is 118 cm³/mol. The summed E-state index contributed by atoms with van der Waals surface area (Å²) in [6, 6.07) is 18.7. The van der Waals surface area contributed by atoms with E-state index >= 15 is 0 Å². The first-order chi connectivity index (χ1) is 14.3. The number of nitrogens with zero attached hydrogens (tertiary/aromatic N) is 2. The van der Waals surface area contributed by atoms with E-state index < -0.39 is 9.84 Å². The van der Waals surface area contributed by atoms with Crippen molar-refractivity contribution in [2.75, 3.05) is 19.3 Å². The zero-order valence-electron chi connectivity index (χ0n) is 17.3. The van der Waals surface area contributed by atoms with Crippen molar-refractivity contribution >= 4 is 15.7 Å². The van der Waals surface area contributed by atoms with Gasteiger partial charge in [-0.05, 0) is 38.0 Å². The second-order valence-corrected chi connectivity index (χ2v) is 9.55. The smallest absolute Gasteiger partial charge is 0.223 e. The minimum atomic E-state index is -3.45. The number of hydrogen-bond donors (Lipinski definition) is 1. The zero-order chi connectivity index (χ0) is 21.6. The molecule has 1 amide bonds. The monoisotopic (exact) mass is 425 g/mol. The summed E-state index contributed by atoms with van der Waals surface area (Å²) in [4.78, 5) is 14.2. The molecule has 0 saturated carbocycles. The fraction of sp³-hybridized carbons (Fsp3) is 0.304. The van der Waals surface area contributed by atoms with Crippen LogP contribution in [0.25, 0.3) is 11.3 Å². The highest BCUT2D eigenvalue weighted by Gasteiger charge is 2.18. The van der Waals surface area contributed by atoms with Crippen LogP contribution in [0.4, 0.5) is 0 Å². The van der Waals surface area contributed by atoms with E-state index in [1.807, 2.05) is 43.3 Å². The molecule has 0 spiro atoms. The van der Waals surface area contributed by atoms with Crippen LogP contribution in [0.15, 0.2) is 65.6 Å². The quantitative estimate of drug-likeness (QED) is 0.567. The van der Waals surface area contributed by atoms with Gasteiger partial charge in [-0.2, -0.15) is 5.10 Å². The molecule has 1 N–H and O–H groups in total. The molecule has 7 heteroatoms. The normalized spacial score (nSPS) is 11.4. The number of aromatic nitrogens is 2. The molecule has 3 rings (SSSR count). The van der Waals surface area contributed by atoms with Gasteiger partial charge in [-0.1, -0.05) is 48.0 Å². The SMILES string of the molecule is Cc1ccc(S(=O)(=O)CCC(=O)N(C)CCCc2cc(-c3ccccc3)n[nH]2)cc1. The average Bonchev–Trinajstić information content (AvgIpc) is 3.22. The van der Waals surface area contributed by atoms with Gasteiger partial charge >= 0.3 is 0 Å². The lowest BCUT2D eigenvalue weighted by molar-refractivity contribution is -0.129. The van der Waals surface area contributed by atoms with Crippen LogP contribution >= 0.6 is 0 Å². The number of hydrogen-bond acceptors (Lipinski definition) is 4. The molecule has 1 heterocycles. The minimum Gasteiger partial charge on any atom is -0.346 e. The van der Waals surface area contributed by atoms with Crippen LogP contribution in [0, 0.1) is 6.92 Å². The van der Waals surface area contributed by atoms with Crippen LogP contribution in [-0.2, 0) is 21.1 Å². The third-order valence-corrected chi connectivity index (χ3v) is 6.76. The lowest BCUT2D eigenvalue weighted by atomic mass is 10.1. The Hall–Kier alpha value is -2.93. The van der Waals surface area contributed by atoms with E-state index in [2.05, 4.69) is 10.2 Å². The van der Waals surface area contributed by atoms with Gasteiger partial charge in [-0.3, -0.25) is 9.89 Å². The van der Waals surface area contributed by atoms with Crippen molar-refractivity contribution in [3.05, 3.63) is 71.9 Å². The average molecular weight is 426 g/mol. The molecule has 3 aromatic rings. The number of carbonyl (C=O) groups is 1. The van der Waals surface area contributed by atoms with Crippen molar-refractivity contribution in [3.8, 4) is 11.3 Å². The summed E-state index contributed by atoms with van der Waals surface area (Å²) in [7, 11) is -1.74. The maximum absolute atomic E-state index is 12.4. The topological polar surface area (TPSA) is 83.1 Å². The number of sulfone groups is 1. The van der Waals surface area contributed by atoms with Crippen LogP contribution < -0.4 is 0 Å². The predicted octanol–water partition coefficient (Wildman–Crippen LogP) is 3.64. The van der Waals surface area contributed by atoms with E-state index in [9.17, 15) is 13.2 Å². The second kappa shape index (κ2) is 9.71. The summed E-state index contributed by atoms with van der Waals surface area (Å²) in [5.41, 5.74) is 3.97. The van der Waals surface area contributed by atoms with E-state index in [1.54, 1.807) is 36.2 Å². The van der Waals surface area contributed by atoms with E-state index in [-0.39, 0.29) is 23.0 Å². The van der Waals surface area contributed by atoms with E-state index in [4.69, 9.17) is 0 Å². The maximum Gasteiger partial charge on any atom is 0.223 e. The number of aryl methyl sites for hydroxylation is 2. The molecule has 6 nitrogen and oxygen atoms in total. The zero-order valence-corrected chi connectivity index (χ0v) is 18.2. The van der Waals surface area contributed by atoms with Gasteiger partial charge in [0, 0.05) is 31.3 Å². The van der Waals surface area contributed by atoms with Gasteiger partial charge in [0.15, 0.2) is 9.84 Å². The molecule has 2 aromatic carbocycles. The number of benzene rings is 2. The maximum atomic E-state index is 12.4. The summed E-state index contributed by atoms with van der Waals surface area (Å²) in [5.74, 6) is -0.347. The molecule has 0 unspecified atom stereocenters. The van der Waals surface area contributed by atoms with Gasteiger partial charge in [-0.25, -0.2) is 8.42 Å². The van der Waals surface area contributed by atoms with E-state index in [0.717, 1.165) is 35.4 Å². The Morgan fingerprint density at radius 3 is 2.47 bits per heavy atom. The summed E-state index contributed by atoms with van der Waals surface area (Å²) >= 11 is 0. The van der Waals surface area contributed by atoms with Crippen LogP contribution in [0.2, 0.25) is 0 Å². The minimum absolute atomic E-state index is 0.0189. The van der Waals surface area contributed by atoms with Gasteiger partial charge < -0.3 is 4.90 Å². The molecule has 0 atom stereocenters. The van der Waals surface area contributed by atoms with Crippen molar-refractivity contribution < 1.29 is 13.2 Å². The fourth-order valence-corrected chi connectivity index (χ4v) is 4.38. The van der Waals surface area contributed by atoms with Crippen molar-refractivity contribution in [1.29, 1.82) is 0 Å². The Kier molecular flexibility index (Phi) is 7.05. The van der Waals surface area contributed by atoms with Crippen LogP contribution in [0.3, 0.4) is 0 Å². The molecular weight excluding hydrogens is 398 g/mol. The van der Waals surface area contributed by atoms with Gasteiger partial charge in [0.05, 0.1) is 16.3 Å². The number of H-pyrrole nitrogens is 1. The highest BCUT2D eigenvalue weighted by molar-refractivity contribution is 7.91. The molecule has 0 radical (unpaired) electrons. The highest BCUT2D eigenvalue weighted by atomic mass is 32.2. The first-order valence-electron chi connectivity index (χ1n) is 9.98. The Balaban J connectivity index is 1.45. The second-order valence-electron chi connectivity index (χ2n) is 7.45. The van der Waals surface area contributed by atoms with Gasteiger partial charge in [0.25, 0.3) is 0 Å². The molecule has 0 fully saturated rings. The molecule has 1 aromatic heterocycles. The van der Waals surface area contributed by atoms with Crippen LogP contribution in [-0.4, -0.2) is 48.8 Å². The first kappa shape index (κ1) is 21.8. The lowest BCUT2D eigenvalue weighted by Crippen LogP contribution is -2.29. The van der Waals surface area contributed by atoms with Crippen molar-refractivity contribution in [2.45, 2.75) is 31.1 Å². The first-order valence-corrected chi connectivity index (χ1v) is 11.6. The molecule has 0 aliphatic carbocycles. The molecule has 158 valence electrons. The van der Waals surface area contributed by atoms with E-state index in [1.165, 1.54) is 0 Å².